The van der Waals surface area contributed by atoms with Crippen LogP contribution in [0.3, 0.4) is 0 Å². The van der Waals surface area contributed by atoms with Gasteiger partial charge in [-0.25, -0.2) is 0 Å². The number of aryl methyl sites for hydroxylation is 2. The Bertz CT molecular complexity index is 405. The fraction of sp³-hybridized carbons (Fsp3) is 0.529. The molecule has 0 aromatic heterocycles. The van der Waals surface area contributed by atoms with E-state index >= 15 is 0 Å². The van der Waals surface area contributed by atoms with Gasteiger partial charge >= 0.3 is 0 Å². The van der Waals surface area contributed by atoms with Gasteiger partial charge in [-0.2, -0.15) is 0 Å². The monoisotopic (exact) mass is 244 g/mol. The normalized spacial score (nSPS) is 18.1. The summed E-state index contributed by atoms with van der Waals surface area (Å²) in [5.74, 6) is 0.600. The molecule has 2 rings (SSSR count). The first-order valence-electron chi connectivity index (χ1n) is 7.10. The first-order valence-corrected chi connectivity index (χ1v) is 7.10. The lowest BCUT2D eigenvalue weighted by molar-refractivity contribution is 0.295. The summed E-state index contributed by atoms with van der Waals surface area (Å²) in [6, 6.07) is 6.39. The molecule has 1 aromatic rings. The molecule has 1 aromatic carbocycles. The van der Waals surface area contributed by atoms with Crippen molar-refractivity contribution in [2.24, 2.45) is 5.92 Å². The van der Waals surface area contributed by atoms with Crippen molar-refractivity contribution in [1.82, 2.24) is 0 Å². The van der Waals surface area contributed by atoms with E-state index < -0.39 is 0 Å². The largest absolute Gasteiger partial charge is 0.392 e. The van der Waals surface area contributed by atoms with Crippen molar-refractivity contribution >= 4 is 6.08 Å². The van der Waals surface area contributed by atoms with E-state index in [9.17, 15) is 5.11 Å². The molecule has 1 nitrogen and oxygen atoms in total. The average Bonchev–Trinajstić information content (AvgIpc) is 2.40. The van der Waals surface area contributed by atoms with Crippen LogP contribution in [0.15, 0.2) is 23.8 Å². The summed E-state index contributed by atoms with van der Waals surface area (Å²) in [7, 11) is 0. The van der Waals surface area contributed by atoms with Crippen LogP contribution in [-0.2, 0) is 0 Å². The summed E-state index contributed by atoms with van der Waals surface area (Å²) in [6.45, 7) is 4.50. The molecule has 0 aliphatic heterocycles. The number of aliphatic hydroxyl groups is 1. The summed E-state index contributed by atoms with van der Waals surface area (Å²) in [5, 5.41) is 9.65. The van der Waals surface area contributed by atoms with Crippen LogP contribution in [0.25, 0.3) is 6.08 Å². The predicted molar refractivity (Wildman–Crippen MR) is 77.6 cm³/mol. The van der Waals surface area contributed by atoms with Gasteiger partial charge in [0.1, 0.15) is 0 Å². The Kier molecular flexibility index (Phi) is 4.60. The molecule has 1 heteroatoms. The van der Waals surface area contributed by atoms with Crippen molar-refractivity contribution in [3.63, 3.8) is 0 Å². The van der Waals surface area contributed by atoms with Crippen LogP contribution in [0.5, 0.6) is 0 Å². The molecule has 1 aliphatic carbocycles. The molecule has 1 fully saturated rings. The molecule has 0 amide bonds. The topological polar surface area (TPSA) is 20.2 Å². The minimum atomic E-state index is 0.207. The van der Waals surface area contributed by atoms with Gasteiger partial charge in [-0.3, -0.25) is 0 Å². The number of hydrogen-bond donors (Lipinski definition) is 1. The van der Waals surface area contributed by atoms with Gasteiger partial charge in [0.2, 0.25) is 0 Å². The Balaban J connectivity index is 2.28. The molecule has 0 unspecified atom stereocenters. The third-order valence-electron chi connectivity index (χ3n) is 4.18. The number of aliphatic hydroxyl groups excluding tert-OH is 1. The van der Waals surface area contributed by atoms with Crippen LogP contribution in [0.4, 0.5) is 0 Å². The number of rotatable bonds is 3. The highest BCUT2D eigenvalue weighted by molar-refractivity contribution is 5.60. The number of hydrogen-bond acceptors (Lipinski definition) is 1. The summed E-state index contributed by atoms with van der Waals surface area (Å²) in [4.78, 5) is 0. The van der Waals surface area contributed by atoms with Gasteiger partial charge in [0, 0.05) is 0 Å². The zero-order valence-corrected chi connectivity index (χ0v) is 11.6. The average molecular weight is 244 g/mol. The van der Waals surface area contributed by atoms with Crippen molar-refractivity contribution in [3.8, 4) is 0 Å². The molecular weight excluding hydrogens is 220 g/mol. The van der Waals surface area contributed by atoms with E-state index in [1.807, 2.05) is 0 Å². The number of benzene rings is 1. The van der Waals surface area contributed by atoms with Gasteiger partial charge in [-0.15, -0.1) is 0 Å². The molecule has 0 spiro atoms. The van der Waals surface area contributed by atoms with Gasteiger partial charge in [-0.05, 0) is 54.9 Å². The second-order valence-electron chi connectivity index (χ2n) is 5.52. The highest BCUT2D eigenvalue weighted by Crippen LogP contribution is 2.31. The van der Waals surface area contributed by atoms with E-state index in [4.69, 9.17) is 0 Å². The van der Waals surface area contributed by atoms with E-state index in [1.165, 1.54) is 54.4 Å². The van der Waals surface area contributed by atoms with E-state index in [-0.39, 0.29) is 6.61 Å². The smallest absolute Gasteiger partial charge is 0.0647 e. The Morgan fingerprint density at radius 1 is 1.17 bits per heavy atom. The van der Waals surface area contributed by atoms with Gasteiger partial charge in [-0.1, -0.05) is 43.5 Å². The molecule has 0 saturated heterocycles. The summed E-state index contributed by atoms with van der Waals surface area (Å²) >= 11 is 0. The molecule has 1 aliphatic rings. The molecular formula is C17H24O. The van der Waals surface area contributed by atoms with Crippen LogP contribution < -0.4 is 0 Å². The Morgan fingerprint density at radius 3 is 2.33 bits per heavy atom. The first-order chi connectivity index (χ1) is 8.72. The summed E-state index contributed by atoms with van der Waals surface area (Å²) in [6.07, 6.45) is 8.72. The predicted octanol–water partition coefficient (Wildman–Crippen LogP) is 4.26. The molecule has 18 heavy (non-hydrogen) atoms. The summed E-state index contributed by atoms with van der Waals surface area (Å²) in [5.41, 5.74) is 5.13. The van der Waals surface area contributed by atoms with Crippen LogP contribution in [-0.4, -0.2) is 11.7 Å². The second-order valence-corrected chi connectivity index (χ2v) is 5.52. The summed E-state index contributed by atoms with van der Waals surface area (Å²) < 4.78 is 0. The van der Waals surface area contributed by atoms with E-state index in [1.54, 1.807) is 0 Å². The highest BCUT2D eigenvalue weighted by atomic mass is 16.3. The maximum atomic E-state index is 9.65. The van der Waals surface area contributed by atoms with Crippen molar-refractivity contribution in [2.75, 3.05) is 6.61 Å². The molecule has 0 bridgehead atoms. The molecule has 1 saturated carbocycles. The molecule has 0 atom stereocenters. The van der Waals surface area contributed by atoms with Gasteiger partial charge in [0.15, 0.2) is 0 Å². The zero-order chi connectivity index (χ0) is 13.0. The van der Waals surface area contributed by atoms with Gasteiger partial charge in [0.05, 0.1) is 6.61 Å². The third kappa shape index (κ3) is 3.02. The standard InChI is InChI=1S/C17H24O/c1-13-7-6-8-14(2)17(13)11-16(12-18)15-9-4-3-5-10-15/h6-8,11,15,18H,3-5,9-10,12H2,1-2H3/b16-11-. The molecule has 0 heterocycles. The van der Waals surface area contributed by atoms with Crippen molar-refractivity contribution < 1.29 is 5.11 Å². The zero-order valence-electron chi connectivity index (χ0n) is 11.6. The lowest BCUT2D eigenvalue weighted by Gasteiger charge is -2.24. The third-order valence-corrected chi connectivity index (χ3v) is 4.18. The lowest BCUT2D eigenvalue weighted by atomic mass is 9.83. The van der Waals surface area contributed by atoms with Crippen molar-refractivity contribution in [2.45, 2.75) is 46.0 Å². The Labute approximate surface area is 111 Å². The molecule has 98 valence electrons. The maximum Gasteiger partial charge on any atom is 0.0647 e. The minimum absolute atomic E-state index is 0.207. The molecule has 0 radical (unpaired) electrons. The fourth-order valence-electron chi connectivity index (χ4n) is 3.01. The Morgan fingerprint density at radius 2 is 1.78 bits per heavy atom. The first kappa shape index (κ1) is 13.4. The van der Waals surface area contributed by atoms with E-state index in [2.05, 4.69) is 38.1 Å². The fourth-order valence-corrected chi connectivity index (χ4v) is 3.01. The van der Waals surface area contributed by atoms with Crippen LogP contribution in [0, 0.1) is 19.8 Å². The minimum Gasteiger partial charge on any atom is -0.392 e. The second kappa shape index (κ2) is 6.19. The Hall–Kier alpha value is -1.08. The SMILES string of the molecule is Cc1cccc(C)c1/C=C(/CO)C1CCCCC1. The van der Waals surface area contributed by atoms with Gasteiger partial charge < -0.3 is 5.11 Å². The highest BCUT2D eigenvalue weighted by Gasteiger charge is 2.17. The van der Waals surface area contributed by atoms with Crippen LogP contribution in [0.1, 0.15) is 48.8 Å². The van der Waals surface area contributed by atoms with E-state index in [0.717, 1.165) is 0 Å². The van der Waals surface area contributed by atoms with Crippen LogP contribution in [0.2, 0.25) is 0 Å². The van der Waals surface area contributed by atoms with E-state index in [0.29, 0.717) is 5.92 Å². The quantitative estimate of drug-likeness (QED) is 0.842. The van der Waals surface area contributed by atoms with Crippen LogP contribution >= 0.6 is 0 Å². The van der Waals surface area contributed by atoms with Crippen molar-refractivity contribution in [1.29, 1.82) is 0 Å². The molecule has 1 N–H and O–H groups in total. The maximum absolute atomic E-state index is 9.65. The lowest BCUT2D eigenvalue weighted by Crippen LogP contribution is -2.12. The van der Waals surface area contributed by atoms with Crippen molar-refractivity contribution in [3.05, 3.63) is 40.5 Å². The van der Waals surface area contributed by atoms with Gasteiger partial charge in [0.25, 0.3) is 0 Å².